The van der Waals surface area contributed by atoms with E-state index in [0.717, 1.165) is 0 Å². The SMILES string of the molecule is O=C(COC(=O)c1cc(F)c(F)cc1Cl)Nc1c(Cl)cccc1Cl. The molecule has 2 rings (SSSR count). The van der Waals surface area contributed by atoms with Gasteiger partial charge in [0.15, 0.2) is 18.2 Å². The van der Waals surface area contributed by atoms with Crippen LogP contribution in [-0.2, 0) is 9.53 Å². The third kappa shape index (κ3) is 4.35. The van der Waals surface area contributed by atoms with Crippen LogP contribution in [0.25, 0.3) is 0 Å². The zero-order valence-electron chi connectivity index (χ0n) is 11.7. The van der Waals surface area contributed by atoms with Gasteiger partial charge in [-0.2, -0.15) is 0 Å². The molecular weight excluding hydrogens is 387 g/mol. The van der Waals surface area contributed by atoms with Crippen LogP contribution in [0.1, 0.15) is 10.4 Å². The third-order valence-corrected chi connectivity index (χ3v) is 3.73. The Morgan fingerprint density at radius 1 is 1.00 bits per heavy atom. The third-order valence-electron chi connectivity index (χ3n) is 2.79. The lowest BCUT2D eigenvalue weighted by Crippen LogP contribution is -2.21. The van der Waals surface area contributed by atoms with Crippen LogP contribution >= 0.6 is 34.8 Å². The van der Waals surface area contributed by atoms with E-state index in [9.17, 15) is 18.4 Å². The minimum Gasteiger partial charge on any atom is -0.452 e. The molecule has 0 aromatic heterocycles. The highest BCUT2D eigenvalue weighted by Gasteiger charge is 2.18. The van der Waals surface area contributed by atoms with Crippen molar-refractivity contribution >= 4 is 52.4 Å². The van der Waals surface area contributed by atoms with E-state index in [1.807, 2.05) is 0 Å². The van der Waals surface area contributed by atoms with Gasteiger partial charge in [0.1, 0.15) is 0 Å². The number of rotatable bonds is 4. The second-order valence-electron chi connectivity index (χ2n) is 4.47. The van der Waals surface area contributed by atoms with Gasteiger partial charge in [0.05, 0.1) is 26.3 Å². The summed E-state index contributed by atoms with van der Waals surface area (Å²) in [6.45, 7) is -0.699. The maximum absolute atomic E-state index is 13.1. The van der Waals surface area contributed by atoms with Gasteiger partial charge in [0.25, 0.3) is 5.91 Å². The van der Waals surface area contributed by atoms with Gasteiger partial charge in [-0.3, -0.25) is 4.79 Å². The number of carbonyl (C=O) groups is 2. The van der Waals surface area contributed by atoms with Crippen molar-refractivity contribution in [2.75, 3.05) is 11.9 Å². The Morgan fingerprint density at radius 3 is 2.21 bits per heavy atom. The van der Waals surface area contributed by atoms with Crippen LogP contribution in [0.15, 0.2) is 30.3 Å². The lowest BCUT2D eigenvalue weighted by atomic mass is 10.2. The van der Waals surface area contributed by atoms with E-state index in [-0.39, 0.29) is 20.8 Å². The molecule has 0 fully saturated rings. The van der Waals surface area contributed by atoms with Crippen LogP contribution < -0.4 is 5.32 Å². The maximum Gasteiger partial charge on any atom is 0.340 e. The fourth-order valence-corrected chi connectivity index (χ4v) is 2.40. The highest BCUT2D eigenvalue weighted by molar-refractivity contribution is 6.39. The molecule has 0 aliphatic rings. The van der Waals surface area contributed by atoms with Gasteiger partial charge >= 0.3 is 5.97 Å². The molecule has 0 heterocycles. The van der Waals surface area contributed by atoms with Crippen molar-refractivity contribution in [3.63, 3.8) is 0 Å². The standard InChI is InChI=1S/C15H8Cl3F2NO3/c16-8-2-1-3-9(17)14(8)21-13(22)6-24-15(23)7-4-11(19)12(20)5-10(7)18/h1-5H,6H2,(H,21,22). The summed E-state index contributed by atoms with van der Waals surface area (Å²) in [5, 5.41) is 2.43. The summed E-state index contributed by atoms with van der Waals surface area (Å²) in [5.41, 5.74) is -0.244. The number of halogens is 5. The zero-order chi connectivity index (χ0) is 17.9. The number of hydrogen-bond acceptors (Lipinski definition) is 3. The van der Waals surface area contributed by atoms with Crippen molar-refractivity contribution in [2.24, 2.45) is 0 Å². The molecule has 0 radical (unpaired) electrons. The molecule has 0 aliphatic carbocycles. The number of benzene rings is 2. The first kappa shape index (κ1) is 18.4. The molecule has 0 atom stereocenters. The van der Waals surface area contributed by atoms with Crippen molar-refractivity contribution in [3.8, 4) is 0 Å². The number of esters is 1. The van der Waals surface area contributed by atoms with Gasteiger partial charge in [-0.15, -0.1) is 0 Å². The summed E-state index contributed by atoms with van der Waals surface area (Å²) < 4.78 is 30.8. The highest BCUT2D eigenvalue weighted by Crippen LogP contribution is 2.29. The number of anilines is 1. The molecule has 0 aliphatic heterocycles. The van der Waals surface area contributed by atoms with Gasteiger partial charge in [-0.25, -0.2) is 13.6 Å². The Morgan fingerprint density at radius 2 is 1.58 bits per heavy atom. The normalized spacial score (nSPS) is 10.4. The molecule has 1 N–H and O–H groups in total. The first-order valence-corrected chi connectivity index (χ1v) is 7.48. The summed E-state index contributed by atoms with van der Waals surface area (Å²) >= 11 is 17.4. The van der Waals surface area contributed by atoms with E-state index < -0.39 is 35.7 Å². The number of nitrogens with one attached hydrogen (secondary N) is 1. The average Bonchev–Trinajstić information content (AvgIpc) is 2.52. The fourth-order valence-electron chi connectivity index (χ4n) is 1.68. The molecule has 1 amide bonds. The van der Waals surface area contributed by atoms with Crippen LogP contribution in [0, 0.1) is 11.6 Å². The lowest BCUT2D eigenvalue weighted by Gasteiger charge is -2.10. The second kappa shape index (κ2) is 7.79. The predicted octanol–water partition coefficient (Wildman–Crippen LogP) is 4.72. The summed E-state index contributed by atoms with van der Waals surface area (Å²) in [6, 6.07) is 5.83. The quantitative estimate of drug-likeness (QED) is 0.603. The summed E-state index contributed by atoms with van der Waals surface area (Å²) in [5.74, 6) is -4.28. The monoisotopic (exact) mass is 393 g/mol. The van der Waals surface area contributed by atoms with Crippen molar-refractivity contribution < 1.29 is 23.1 Å². The van der Waals surface area contributed by atoms with Crippen LogP contribution in [0.4, 0.5) is 14.5 Å². The van der Waals surface area contributed by atoms with E-state index in [2.05, 4.69) is 5.32 Å². The molecule has 2 aromatic rings. The molecule has 0 saturated heterocycles. The molecule has 0 saturated carbocycles. The van der Waals surface area contributed by atoms with Gasteiger partial charge in [0.2, 0.25) is 0 Å². The molecule has 9 heteroatoms. The predicted molar refractivity (Wildman–Crippen MR) is 86.7 cm³/mol. The molecule has 0 bridgehead atoms. The zero-order valence-corrected chi connectivity index (χ0v) is 14.0. The van der Waals surface area contributed by atoms with Crippen LogP contribution in [-0.4, -0.2) is 18.5 Å². The highest BCUT2D eigenvalue weighted by atomic mass is 35.5. The summed E-state index contributed by atoms with van der Waals surface area (Å²) in [7, 11) is 0. The molecule has 2 aromatic carbocycles. The van der Waals surface area contributed by atoms with Crippen molar-refractivity contribution in [3.05, 3.63) is 62.6 Å². The van der Waals surface area contributed by atoms with E-state index in [0.29, 0.717) is 12.1 Å². The van der Waals surface area contributed by atoms with Crippen LogP contribution in [0.3, 0.4) is 0 Å². The first-order chi connectivity index (χ1) is 11.3. The van der Waals surface area contributed by atoms with Gasteiger partial charge in [-0.05, 0) is 24.3 Å². The second-order valence-corrected chi connectivity index (χ2v) is 5.69. The minimum atomic E-state index is -1.27. The average molecular weight is 395 g/mol. The van der Waals surface area contributed by atoms with E-state index in [1.54, 1.807) is 6.07 Å². The lowest BCUT2D eigenvalue weighted by molar-refractivity contribution is -0.119. The number of amides is 1. The van der Waals surface area contributed by atoms with Crippen molar-refractivity contribution in [2.45, 2.75) is 0 Å². The number of para-hydroxylation sites is 1. The van der Waals surface area contributed by atoms with Crippen molar-refractivity contribution in [1.82, 2.24) is 0 Å². The number of carbonyl (C=O) groups excluding carboxylic acids is 2. The van der Waals surface area contributed by atoms with Crippen LogP contribution in [0.2, 0.25) is 15.1 Å². The van der Waals surface area contributed by atoms with E-state index >= 15 is 0 Å². The Balaban J connectivity index is 2.02. The van der Waals surface area contributed by atoms with Crippen LogP contribution in [0.5, 0.6) is 0 Å². The Labute approximate surface area is 150 Å². The number of hydrogen-bond donors (Lipinski definition) is 1. The molecule has 0 spiro atoms. The molecule has 4 nitrogen and oxygen atoms in total. The molecular formula is C15H8Cl3F2NO3. The molecule has 24 heavy (non-hydrogen) atoms. The number of ether oxygens (including phenoxy) is 1. The largest absolute Gasteiger partial charge is 0.452 e. The Bertz CT molecular complexity index is 795. The first-order valence-electron chi connectivity index (χ1n) is 6.35. The van der Waals surface area contributed by atoms with E-state index in [4.69, 9.17) is 39.5 Å². The van der Waals surface area contributed by atoms with Crippen molar-refractivity contribution in [1.29, 1.82) is 0 Å². The van der Waals surface area contributed by atoms with E-state index in [1.165, 1.54) is 12.1 Å². The molecule has 0 unspecified atom stereocenters. The fraction of sp³-hybridized carbons (Fsp3) is 0.0667. The minimum absolute atomic E-state index is 0.160. The van der Waals surface area contributed by atoms with Gasteiger partial charge < -0.3 is 10.1 Å². The summed E-state index contributed by atoms with van der Waals surface area (Å²) in [4.78, 5) is 23.6. The van der Waals surface area contributed by atoms with Gasteiger partial charge in [0, 0.05) is 0 Å². The Kier molecular flexibility index (Phi) is 5.99. The van der Waals surface area contributed by atoms with Gasteiger partial charge in [-0.1, -0.05) is 40.9 Å². The topological polar surface area (TPSA) is 55.4 Å². The smallest absolute Gasteiger partial charge is 0.340 e. The Hall–Kier alpha value is -1.89. The summed E-state index contributed by atoms with van der Waals surface area (Å²) in [6.07, 6.45) is 0. The molecule has 126 valence electrons. The maximum atomic E-state index is 13.1.